The van der Waals surface area contributed by atoms with E-state index in [-0.39, 0.29) is 12.1 Å². The van der Waals surface area contributed by atoms with Crippen LogP contribution in [0.25, 0.3) is 0 Å². The highest BCUT2D eigenvalue weighted by molar-refractivity contribution is 4.93. The molecule has 3 nitrogen and oxygen atoms in total. The van der Waals surface area contributed by atoms with Crippen molar-refractivity contribution >= 4 is 0 Å². The minimum absolute atomic E-state index is 0.163. The molecule has 3 aliphatic rings. The van der Waals surface area contributed by atoms with Crippen molar-refractivity contribution in [3.63, 3.8) is 0 Å². The van der Waals surface area contributed by atoms with Gasteiger partial charge in [-0.15, -0.1) is 0 Å². The van der Waals surface area contributed by atoms with Crippen molar-refractivity contribution < 1.29 is 9.84 Å². The first-order valence-electron chi connectivity index (χ1n) is 7.38. The summed E-state index contributed by atoms with van der Waals surface area (Å²) < 4.78 is 5.58. The molecule has 1 aliphatic carbocycles. The van der Waals surface area contributed by atoms with Crippen LogP contribution in [0.4, 0.5) is 0 Å². The summed E-state index contributed by atoms with van der Waals surface area (Å²) in [7, 11) is 0. The van der Waals surface area contributed by atoms with E-state index in [4.69, 9.17) is 4.74 Å². The van der Waals surface area contributed by atoms with Crippen LogP contribution in [-0.4, -0.2) is 48.0 Å². The van der Waals surface area contributed by atoms with E-state index in [9.17, 15) is 5.11 Å². The van der Waals surface area contributed by atoms with Crippen molar-refractivity contribution in [2.75, 3.05) is 19.8 Å². The predicted octanol–water partition coefficient (Wildman–Crippen LogP) is 1.79. The zero-order valence-electron chi connectivity index (χ0n) is 10.7. The lowest BCUT2D eigenvalue weighted by molar-refractivity contribution is -0.0951. The molecule has 2 saturated heterocycles. The van der Waals surface area contributed by atoms with Gasteiger partial charge in [0.25, 0.3) is 0 Å². The molecule has 3 heteroatoms. The van der Waals surface area contributed by atoms with Crippen molar-refractivity contribution in [2.45, 2.75) is 63.1 Å². The monoisotopic (exact) mass is 239 g/mol. The van der Waals surface area contributed by atoms with E-state index < -0.39 is 0 Å². The highest BCUT2D eigenvalue weighted by Crippen LogP contribution is 2.37. The smallest absolute Gasteiger partial charge is 0.0739 e. The Hall–Kier alpha value is -0.120. The molecule has 98 valence electrons. The minimum Gasteiger partial charge on any atom is -0.391 e. The normalized spacial score (nSPS) is 44.3. The van der Waals surface area contributed by atoms with Crippen LogP contribution in [0, 0.1) is 5.92 Å². The first kappa shape index (κ1) is 11.9. The zero-order valence-corrected chi connectivity index (χ0v) is 10.7. The van der Waals surface area contributed by atoms with Gasteiger partial charge in [0.1, 0.15) is 0 Å². The van der Waals surface area contributed by atoms with Crippen LogP contribution in [0.3, 0.4) is 0 Å². The van der Waals surface area contributed by atoms with E-state index in [1.54, 1.807) is 0 Å². The van der Waals surface area contributed by atoms with Crippen LogP contribution in [0.1, 0.15) is 44.9 Å². The van der Waals surface area contributed by atoms with E-state index in [2.05, 4.69) is 4.90 Å². The second-order valence-corrected chi connectivity index (χ2v) is 5.99. The highest BCUT2D eigenvalue weighted by atomic mass is 16.5. The Bertz CT molecular complexity index is 251. The molecule has 17 heavy (non-hydrogen) atoms. The van der Waals surface area contributed by atoms with Crippen LogP contribution >= 0.6 is 0 Å². The van der Waals surface area contributed by atoms with Gasteiger partial charge in [0.15, 0.2) is 0 Å². The van der Waals surface area contributed by atoms with Crippen LogP contribution in [0.15, 0.2) is 0 Å². The van der Waals surface area contributed by atoms with Gasteiger partial charge in [-0.25, -0.2) is 0 Å². The van der Waals surface area contributed by atoms with Crippen LogP contribution in [0.2, 0.25) is 0 Å². The molecule has 3 fully saturated rings. The van der Waals surface area contributed by atoms with Gasteiger partial charge in [-0.05, 0) is 44.6 Å². The summed E-state index contributed by atoms with van der Waals surface area (Å²) in [5.74, 6) is 0.895. The number of likely N-dealkylation sites (tertiary alicyclic amines) is 1. The first-order chi connectivity index (χ1) is 8.36. The average Bonchev–Trinajstić information content (AvgIpc) is 2.39. The summed E-state index contributed by atoms with van der Waals surface area (Å²) in [6.07, 6.45) is 8.91. The van der Waals surface area contributed by atoms with Gasteiger partial charge in [-0.3, -0.25) is 4.90 Å². The molecular weight excluding hydrogens is 214 g/mol. The minimum atomic E-state index is -0.163. The Balaban J connectivity index is 1.71. The molecule has 1 saturated carbocycles. The van der Waals surface area contributed by atoms with E-state index in [0.29, 0.717) is 0 Å². The van der Waals surface area contributed by atoms with Crippen molar-refractivity contribution in [1.82, 2.24) is 4.90 Å². The summed E-state index contributed by atoms with van der Waals surface area (Å²) in [6.45, 7) is 2.65. The first-order valence-corrected chi connectivity index (χ1v) is 7.38. The van der Waals surface area contributed by atoms with Gasteiger partial charge < -0.3 is 9.84 Å². The van der Waals surface area contributed by atoms with Crippen molar-refractivity contribution in [1.29, 1.82) is 0 Å². The molecule has 0 amide bonds. The Morgan fingerprint density at radius 2 is 1.76 bits per heavy atom. The van der Waals surface area contributed by atoms with Crippen molar-refractivity contribution in [3.8, 4) is 0 Å². The maximum Gasteiger partial charge on any atom is 0.0739 e. The van der Waals surface area contributed by atoms with Crippen LogP contribution < -0.4 is 0 Å². The third-order valence-electron chi connectivity index (χ3n) is 5.00. The SMILES string of the molecule is OC1CCOCC1N1CCC[C@H]2CCCC[C@H]21. The summed E-state index contributed by atoms with van der Waals surface area (Å²) in [5, 5.41) is 10.2. The molecule has 2 aliphatic heterocycles. The summed E-state index contributed by atoms with van der Waals surface area (Å²) >= 11 is 0. The van der Waals surface area contributed by atoms with Gasteiger partial charge in [-0.1, -0.05) is 12.8 Å². The number of rotatable bonds is 1. The lowest BCUT2D eigenvalue weighted by atomic mass is 9.77. The van der Waals surface area contributed by atoms with Gasteiger partial charge in [0.05, 0.1) is 18.8 Å². The lowest BCUT2D eigenvalue weighted by Crippen LogP contribution is -2.58. The molecule has 1 N–H and O–H groups in total. The number of piperidine rings is 1. The van der Waals surface area contributed by atoms with E-state index >= 15 is 0 Å². The van der Waals surface area contributed by atoms with Crippen LogP contribution in [-0.2, 0) is 4.74 Å². The third-order valence-corrected chi connectivity index (χ3v) is 5.00. The molecule has 0 bridgehead atoms. The quantitative estimate of drug-likeness (QED) is 0.757. The summed E-state index contributed by atoms with van der Waals surface area (Å²) in [6, 6.07) is 1.01. The molecule has 3 rings (SSSR count). The number of nitrogens with zero attached hydrogens (tertiary/aromatic N) is 1. The van der Waals surface area contributed by atoms with E-state index in [0.717, 1.165) is 31.6 Å². The molecule has 0 aromatic rings. The molecule has 0 radical (unpaired) electrons. The molecule has 2 heterocycles. The van der Waals surface area contributed by atoms with Gasteiger partial charge >= 0.3 is 0 Å². The molecule has 4 atom stereocenters. The summed E-state index contributed by atoms with van der Waals surface area (Å²) in [5.41, 5.74) is 0. The number of hydrogen-bond donors (Lipinski definition) is 1. The fraction of sp³-hybridized carbons (Fsp3) is 1.00. The Kier molecular flexibility index (Phi) is 3.69. The molecule has 2 unspecified atom stereocenters. The molecule has 0 spiro atoms. The maximum absolute atomic E-state index is 10.2. The number of ether oxygens (including phenoxy) is 1. The Morgan fingerprint density at radius 1 is 0.941 bits per heavy atom. The Labute approximate surface area is 104 Å². The van der Waals surface area contributed by atoms with E-state index in [1.165, 1.54) is 45.1 Å². The largest absolute Gasteiger partial charge is 0.391 e. The second kappa shape index (κ2) is 5.25. The maximum atomic E-state index is 10.2. The lowest BCUT2D eigenvalue weighted by Gasteiger charge is -2.49. The average molecular weight is 239 g/mol. The topological polar surface area (TPSA) is 32.7 Å². The molecule has 0 aromatic heterocycles. The fourth-order valence-electron chi connectivity index (χ4n) is 4.10. The second-order valence-electron chi connectivity index (χ2n) is 5.99. The van der Waals surface area contributed by atoms with Crippen molar-refractivity contribution in [2.24, 2.45) is 5.92 Å². The van der Waals surface area contributed by atoms with Crippen LogP contribution in [0.5, 0.6) is 0 Å². The van der Waals surface area contributed by atoms with Gasteiger partial charge in [0.2, 0.25) is 0 Å². The van der Waals surface area contributed by atoms with Crippen molar-refractivity contribution in [3.05, 3.63) is 0 Å². The molecular formula is C14H25NO2. The Morgan fingerprint density at radius 3 is 2.65 bits per heavy atom. The number of fused-ring (bicyclic) bond motifs is 1. The highest BCUT2D eigenvalue weighted by Gasteiger charge is 2.39. The number of hydrogen-bond acceptors (Lipinski definition) is 3. The predicted molar refractivity (Wildman–Crippen MR) is 66.9 cm³/mol. The fourth-order valence-corrected chi connectivity index (χ4v) is 4.10. The van der Waals surface area contributed by atoms with Gasteiger partial charge in [0, 0.05) is 12.6 Å². The number of aliphatic hydroxyl groups excluding tert-OH is 1. The standard InChI is InChI=1S/C14H25NO2/c16-14-7-9-17-10-13(14)15-8-3-5-11-4-1-2-6-12(11)15/h11-14,16H,1-10H2/t11-,12-,13?,14?/m1/s1. The molecule has 0 aromatic carbocycles. The van der Waals surface area contributed by atoms with E-state index in [1.807, 2.05) is 0 Å². The zero-order chi connectivity index (χ0) is 11.7. The third kappa shape index (κ3) is 2.38. The number of aliphatic hydroxyl groups is 1. The summed E-state index contributed by atoms with van der Waals surface area (Å²) in [4.78, 5) is 2.59. The van der Waals surface area contributed by atoms with Gasteiger partial charge in [-0.2, -0.15) is 0 Å².